The summed E-state index contributed by atoms with van der Waals surface area (Å²) in [4.78, 5) is 10.4. The predicted molar refractivity (Wildman–Crippen MR) is 46.5 cm³/mol. The molecule has 0 saturated heterocycles. The Morgan fingerprint density at radius 1 is 1.62 bits per heavy atom. The maximum atomic E-state index is 10.4. The van der Waals surface area contributed by atoms with Gasteiger partial charge in [-0.25, -0.2) is 0 Å². The summed E-state index contributed by atoms with van der Waals surface area (Å²) in [7, 11) is 0. The van der Waals surface area contributed by atoms with Crippen LogP contribution in [0.1, 0.15) is 6.42 Å². The van der Waals surface area contributed by atoms with Crippen molar-refractivity contribution in [3.05, 3.63) is 10.8 Å². The van der Waals surface area contributed by atoms with Crippen molar-refractivity contribution in [3.8, 4) is 11.5 Å². The summed E-state index contributed by atoms with van der Waals surface area (Å²) in [6, 6.07) is 0. The minimum absolute atomic E-state index is 0.0186. The van der Waals surface area contributed by atoms with Crippen molar-refractivity contribution >= 4 is 17.3 Å². The van der Waals surface area contributed by atoms with Crippen LogP contribution in [-0.4, -0.2) is 23.8 Å². The first kappa shape index (κ1) is 8.37. The van der Waals surface area contributed by atoms with E-state index in [9.17, 15) is 4.79 Å². The van der Waals surface area contributed by atoms with Crippen LogP contribution in [0.4, 0.5) is 0 Å². The van der Waals surface area contributed by atoms with Crippen LogP contribution in [-0.2, 0) is 4.79 Å². The first-order valence-electron chi connectivity index (χ1n) is 3.83. The third kappa shape index (κ3) is 1.75. The Bertz CT molecular complexity index is 320. The molecule has 1 aromatic heterocycles. The Hall–Kier alpha value is -1.23. The molecule has 0 aliphatic carbocycles. The number of rotatable bonds is 2. The summed E-state index contributed by atoms with van der Waals surface area (Å²) in [6.45, 7) is 0.316. The Kier molecular flexibility index (Phi) is 2.10. The highest BCUT2D eigenvalue weighted by atomic mass is 32.1. The van der Waals surface area contributed by atoms with Crippen LogP contribution in [0.2, 0.25) is 0 Å². The highest BCUT2D eigenvalue weighted by Crippen LogP contribution is 2.35. The summed E-state index contributed by atoms with van der Waals surface area (Å²) >= 11 is 1.48. The monoisotopic (exact) mass is 200 g/mol. The van der Waals surface area contributed by atoms with Crippen LogP contribution in [0.15, 0.2) is 10.8 Å². The van der Waals surface area contributed by atoms with E-state index in [-0.39, 0.29) is 12.5 Å². The number of fused-ring (bicyclic) bond motifs is 1. The van der Waals surface area contributed by atoms with Crippen LogP contribution in [0.25, 0.3) is 0 Å². The molecule has 2 heterocycles. The molecule has 1 unspecified atom stereocenters. The van der Waals surface area contributed by atoms with Crippen molar-refractivity contribution in [2.45, 2.75) is 12.5 Å². The van der Waals surface area contributed by atoms with Crippen molar-refractivity contribution < 1.29 is 19.4 Å². The van der Waals surface area contributed by atoms with Crippen LogP contribution >= 0.6 is 11.3 Å². The van der Waals surface area contributed by atoms with Crippen molar-refractivity contribution in [3.63, 3.8) is 0 Å². The van der Waals surface area contributed by atoms with E-state index >= 15 is 0 Å². The lowest BCUT2D eigenvalue weighted by atomic mass is 10.2. The smallest absolute Gasteiger partial charge is 0.307 e. The van der Waals surface area contributed by atoms with Crippen LogP contribution in [0.3, 0.4) is 0 Å². The fraction of sp³-hybridized carbons (Fsp3) is 0.375. The molecule has 0 spiro atoms. The molecule has 1 N–H and O–H groups in total. The van der Waals surface area contributed by atoms with E-state index in [4.69, 9.17) is 14.6 Å². The maximum Gasteiger partial charge on any atom is 0.307 e. The van der Waals surface area contributed by atoms with Gasteiger partial charge in [0.25, 0.3) is 0 Å². The molecular weight excluding hydrogens is 192 g/mol. The average molecular weight is 200 g/mol. The molecule has 1 aliphatic heterocycles. The van der Waals surface area contributed by atoms with Crippen LogP contribution < -0.4 is 9.47 Å². The third-order valence-corrected chi connectivity index (χ3v) is 2.41. The van der Waals surface area contributed by atoms with Crippen molar-refractivity contribution in [2.24, 2.45) is 0 Å². The van der Waals surface area contributed by atoms with Gasteiger partial charge in [0, 0.05) is 10.8 Å². The summed E-state index contributed by atoms with van der Waals surface area (Å²) in [5, 5.41) is 12.2. The molecule has 0 bridgehead atoms. The minimum atomic E-state index is -0.868. The molecular formula is C8H8O4S. The molecule has 5 heteroatoms. The zero-order valence-electron chi connectivity index (χ0n) is 6.73. The first-order valence-corrected chi connectivity index (χ1v) is 4.77. The number of aliphatic carboxylic acids is 1. The van der Waals surface area contributed by atoms with E-state index in [0.29, 0.717) is 18.1 Å². The Labute approximate surface area is 78.7 Å². The number of carboxylic acid groups (broad SMARTS) is 1. The van der Waals surface area contributed by atoms with Gasteiger partial charge in [0.15, 0.2) is 11.5 Å². The van der Waals surface area contributed by atoms with Gasteiger partial charge in [0.1, 0.15) is 12.7 Å². The maximum absolute atomic E-state index is 10.4. The number of carbonyl (C=O) groups is 1. The Balaban J connectivity index is 2.04. The van der Waals surface area contributed by atoms with E-state index < -0.39 is 5.97 Å². The SMILES string of the molecule is O=C(O)CC1COc2cscc2O1. The third-order valence-electron chi connectivity index (χ3n) is 1.71. The van der Waals surface area contributed by atoms with E-state index in [1.807, 2.05) is 10.8 Å². The zero-order valence-corrected chi connectivity index (χ0v) is 7.54. The molecule has 0 saturated carbocycles. The van der Waals surface area contributed by atoms with Gasteiger partial charge in [-0.15, -0.1) is 11.3 Å². The topological polar surface area (TPSA) is 55.8 Å². The lowest BCUT2D eigenvalue weighted by Crippen LogP contribution is -2.30. The largest absolute Gasteiger partial charge is 0.485 e. The quantitative estimate of drug-likeness (QED) is 0.783. The molecule has 0 aromatic carbocycles. The second-order valence-corrected chi connectivity index (χ2v) is 3.49. The molecule has 2 rings (SSSR count). The Morgan fingerprint density at radius 2 is 2.38 bits per heavy atom. The molecule has 0 amide bonds. The lowest BCUT2D eigenvalue weighted by Gasteiger charge is -2.22. The number of carboxylic acids is 1. The second-order valence-electron chi connectivity index (χ2n) is 2.75. The standard InChI is InChI=1S/C8H8O4S/c9-8(10)1-5-2-11-6-3-13-4-7(6)12-5/h3-5H,1-2H2,(H,9,10). The first-order chi connectivity index (χ1) is 6.25. The van der Waals surface area contributed by atoms with Gasteiger partial charge < -0.3 is 14.6 Å². The van der Waals surface area contributed by atoms with Crippen LogP contribution in [0, 0.1) is 0 Å². The van der Waals surface area contributed by atoms with E-state index in [1.54, 1.807) is 0 Å². The van der Waals surface area contributed by atoms with Crippen molar-refractivity contribution in [2.75, 3.05) is 6.61 Å². The predicted octanol–water partition coefficient (Wildman–Crippen LogP) is 1.36. The highest BCUT2D eigenvalue weighted by molar-refractivity contribution is 7.08. The average Bonchev–Trinajstić information content (AvgIpc) is 2.49. The van der Waals surface area contributed by atoms with Crippen molar-refractivity contribution in [1.29, 1.82) is 0 Å². The van der Waals surface area contributed by atoms with E-state index in [0.717, 1.165) is 0 Å². The number of ether oxygens (including phenoxy) is 2. The molecule has 0 fully saturated rings. The fourth-order valence-electron chi connectivity index (χ4n) is 1.16. The second kappa shape index (κ2) is 3.26. The summed E-state index contributed by atoms with van der Waals surface area (Å²) in [5.41, 5.74) is 0. The van der Waals surface area contributed by atoms with Gasteiger partial charge in [0.2, 0.25) is 0 Å². The molecule has 1 aromatic rings. The van der Waals surface area contributed by atoms with Gasteiger partial charge in [-0.3, -0.25) is 4.79 Å². The normalized spacial score (nSPS) is 19.8. The highest BCUT2D eigenvalue weighted by Gasteiger charge is 2.23. The van der Waals surface area contributed by atoms with Crippen molar-refractivity contribution in [1.82, 2.24) is 0 Å². The fourth-order valence-corrected chi connectivity index (χ4v) is 1.83. The van der Waals surface area contributed by atoms with Gasteiger partial charge in [-0.05, 0) is 0 Å². The Morgan fingerprint density at radius 3 is 3.15 bits per heavy atom. The number of thiophene rings is 1. The number of hydrogen-bond donors (Lipinski definition) is 1. The summed E-state index contributed by atoms with van der Waals surface area (Å²) in [5.74, 6) is 0.501. The molecule has 0 radical (unpaired) electrons. The van der Waals surface area contributed by atoms with Gasteiger partial charge in [0.05, 0.1) is 6.42 Å². The van der Waals surface area contributed by atoms with E-state index in [1.165, 1.54) is 11.3 Å². The number of hydrogen-bond acceptors (Lipinski definition) is 4. The summed E-state index contributed by atoms with van der Waals surface area (Å²) < 4.78 is 10.7. The molecule has 13 heavy (non-hydrogen) atoms. The molecule has 70 valence electrons. The van der Waals surface area contributed by atoms with Crippen LogP contribution in [0.5, 0.6) is 11.5 Å². The summed E-state index contributed by atoms with van der Waals surface area (Å²) in [6.07, 6.45) is -0.380. The molecule has 1 atom stereocenters. The molecule has 4 nitrogen and oxygen atoms in total. The van der Waals surface area contributed by atoms with Gasteiger partial charge in [-0.2, -0.15) is 0 Å². The molecule has 1 aliphatic rings. The minimum Gasteiger partial charge on any atom is -0.485 e. The van der Waals surface area contributed by atoms with E-state index in [2.05, 4.69) is 0 Å². The van der Waals surface area contributed by atoms with Gasteiger partial charge in [-0.1, -0.05) is 0 Å². The zero-order chi connectivity index (χ0) is 9.26. The van der Waals surface area contributed by atoms with Gasteiger partial charge >= 0.3 is 5.97 Å². The lowest BCUT2D eigenvalue weighted by molar-refractivity contribution is -0.139.